The third-order valence-electron chi connectivity index (χ3n) is 5.60. The van der Waals surface area contributed by atoms with Gasteiger partial charge in [0.05, 0.1) is 4.90 Å². The van der Waals surface area contributed by atoms with Crippen LogP contribution in [-0.2, 0) is 21.4 Å². The van der Waals surface area contributed by atoms with Crippen molar-refractivity contribution in [3.05, 3.63) is 83.6 Å². The first-order valence-electron chi connectivity index (χ1n) is 10.8. The summed E-state index contributed by atoms with van der Waals surface area (Å²) in [5.41, 5.74) is 2.63. The van der Waals surface area contributed by atoms with Gasteiger partial charge >= 0.3 is 0 Å². The van der Waals surface area contributed by atoms with E-state index < -0.39 is 21.6 Å². The smallest absolute Gasteiger partial charge is 0.245 e. The number of anilines is 2. The average molecular weight is 465 g/mol. The molecular formula is C25H28N4O3S. The van der Waals surface area contributed by atoms with Crippen molar-refractivity contribution in [2.45, 2.75) is 45.3 Å². The molecule has 33 heavy (non-hydrogen) atoms. The SMILES string of the molecule is Cc1ccc(S(=O)(=O)N2Cc3ccccc3N[C@@H]2c2cccnc2NC(=O)C(C)(C)C)cc1. The molecule has 0 aliphatic carbocycles. The summed E-state index contributed by atoms with van der Waals surface area (Å²) in [5.74, 6) is 0.130. The zero-order valence-electron chi connectivity index (χ0n) is 19.2. The van der Waals surface area contributed by atoms with Crippen LogP contribution in [0.1, 0.15) is 43.6 Å². The number of nitrogens with one attached hydrogen (secondary N) is 2. The van der Waals surface area contributed by atoms with Crippen LogP contribution in [-0.4, -0.2) is 23.6 Å². The number of aryl methyl sites for hydroxylation is 1. The molecule has 4 rings (SSSR count). The first kappa shape index (κ1) is 22.9. The summed E-state index contributed by atoms with van der Waals surface area (Å²) in [4.78, 5) is 17.3. The van der Waals surface area contributed by atoms with Crippen LogP contribution in [0.2, 0.25) is 0 Å². The highest BCUT2D eigenvalue weighted by molar-refractivity contribution is 7.89. The van der Waals surface area contributed by atoms with Crippen molar-refractivity contribution in [3.8, 4) is 0 Å². The van der Waals surface area contributed by atoms with Crippen LogP contribution in [0.25, 0.3) is 0 Å². The molecule has 7 nitrogen and oxygen atoms in total. The first-order chi connectivity index (χ1) is 15.6. The van der Waals surface area contributed by atoms with E-state index in [0.717, 1.165) is 16.8 Å². The molecule has 3 aromatic rings. The number of aromatic nitrogens is 1. The van der Waals surface area contributed by atoms with Gasteiger partial charge in [-0.05, 0) is 36.8 Å². The van der Waals surface area contributed by atoms with Gasteiger partial charge in [0.25, 0.3) is 0 Å². The van der Waals surface area contributed by atoms with Gasteiger partial charge in [-0.2, -0.15) is 4.31 Å². The van der Waals surface area contributed by atoms with E-state index in [4.69, 9.17) is 0 Å². The van der Waals surface area contributed by atoms with Crippen LogP contribution < -0.4 is 10.6 Å². The summed E-state index contributed by atoms with van der Waals surface area (Å²) in [6, 6.07) is 17.9. The lowest BCUT2D eigenvalue weighted by Gasteiger charge is -2.38. The molecular weight excluding hydrogens is 436 g/mol. The molecule has 2 aromatic carbocycles. The monoisotopic (exact) mass is 464 g/mol. The largest absolute Gasteiger partial charge is 0.365 e. The lowest BCUT2D eigenvalue weighted by atomic mass is 9.95. The number of para-hydroxylation sites is 1. The van der Waals surface area contributed by atoms with E-state index >= 15 is 0 Å². The Morgan fingerprint density at radius 2 is 1.76 bits per heavy atom. The third kappa shape index (κ3) is 4.62. The van der Waals surface area contributed by atoms with Gasteiger partial charge in [0.1, 0.15) is 12.0 Å². The van der Waals surface area contributed by atoms with Crippen molar-refractivity contribution in [1.82, 2.24) is 9.29 Å². The van der Waals surface area contributed by atoms with Crippen LogP contribution in [0.5, 0.6) is 0 Å². The molecule has 1 atom stereocenters. The number of amides is 1. The molecule has 1 aromatic heterocycles. The quantitative estimate of drug-likeness (QED) is 0.585. The standard InChI is InChI=1S/C25H28N4O3S/c1-17-11-13-19(14-12-17)33(31,32)29-16-18-8-5-6-10-21(18)27-23(29)20-9-7-15-26-22(20)28-24(30)25(2,3)4/h5-15,23,27H,16H2,1-4H3,(H,26,28,30)/t23-/m0/s1. The van der Waals surface area contributed by atoms with Gasteiger partial charge in [0, 0.05) is 29.4 Å². The van der Waals surface area contributed by atoms with Crippen LogP contribution in [0, 0.1) is 12.3 Å². The normalized spacial score (nSPS) is 16.5. The maximum atomic E-state index is 13.8. The Hall–Kier alpha value is -3.23. The number of nitrogens with zero attached hydrogens (tertiary/aromatic N) is 2. The number of rotatable bonds is 4. The maximum Gasteiger partial charge on any atom is 0.245 e. The zero-order chi connectivity index (χ0) is 23.8. The minimum atomic E-state index is -3.86. The molecule has 0 spiro atoms. The van der Waals surface area contributed by atoms with Gasteiger partial charge in [-0.15, -0.1) is 0 Å². The molecule has 1 amide bonds. The van der Waals surface area contributed by atoms with E-state index in [1.807, 2.05) is 52.0 Å². The van der Waals surface area contributed by atoms with Crippen LogP contribution in [0.3, 0.4) is 0 Å². The number of carbonyl (C=O) groups excluding carboxylic acids is 1. The molecule has 8 heteroatoms. The Labute approximate surface area is 194 Å². The van der Waals surface area contributed by atoms with Crippen LogP contribution >= 0.6 is 0 Å². The van der Waals surface area contributed by atoms with Gasteiger partial charge in [-0.25, -0.2) is 13.4 Å². The van der Waals surface area contributed by atoms with Crippen LogP contribution in [0.4, 0.5) is 11.5 Å². The summed E-state index contributed by atoms with van der Waals surface area (Å²) in [6.45, 7) is 7.54. The number of pyridine rings is 1. The van der Waals surface area contributed by atoms with Crippen molar-refractivity contribution in [3.63, 3.8) is 0 Å². The number of sulfonamides is 1. The summed E-state index contributed by atoms with van der Waals surface area (Å²) in [5, 5.41) is 6.24. The molecule has 0 fully saturated rings. The van der Waals surface area contributed by atoms with E-state index in [9.17, 15) is 13.2 Å². The maximum absolute atomic E-state index is 13.8. The van der Waals surface area contributed by atoms with E-state index in [2.05, 4.69) is 15.6 Å². The predicted molar refractivity (Wildman–Crippen MR) is 129 cm³/mol. The average Bonchev–Trinajstić information content (AvgIpc) is 2.78. The minimum Gasteiger partial charge on any atom is -0.365 e. The summed E-state index contributed by atoms with van der Waals surface area (Å²) < 4.78 is 28.9. The minimum absolute atomic E-state index is 0.186. The lowest BCUT2D eigenvalue weighted by molar-refractivity contribution is -0.123. The molecule has 2 heterocycles. The van der Waals surface area contributed by atoms with Crippen molar-refractivity contribution in [2.75, 3.05) is 10.6 Å². The molecule has 0 saturated heterocycles. The van der Waals surface area contributed by atoms with Gasteiger partial charge in [-0.3, -0.25) is 4.79 Å². The van der Waals surface area contributed by atoms with Crippen molar-refractivity contribution in [1.29, 1.82) is 0 Å². The fourth-order valence-electron chi connectivity index (χ4n) is 3.62. The molecule has 1 aliphatic heterocycles. The molecule has 0 saturated carbocycles. The zero-order valence-corrected chi connectivity index (χ0v) is 20.0. The molecule has 2 N–H and O–H groups in total. The second-order valence-corrected chi connectivity index (χ2v) is 11.1. The fraction of sp³-hybridized carbons (Fsp3) is 0.280. The van der Waals surface area contributed by atoms with E-state index in [1.54, 1.807) is 42.6 Å². The highest BCUT2D eigenvalue weighted by atomic mass is 32.2. The second-order valence-electron chi connectivity index (χ2n) is 9.21. The highest BCUT2D eigenvalue weighted by Gasteiger charge is 2.38. The van der Waals surface area contributed by atoms with Gasteiger partial charge in [0.2, 0.25) is 15.9 Å². The van der Waals surface area contributed by atoms with E-state index in [1.165, 1.54) is 4.31 Å². The number of fused-ring (bicyclic) bond motifs is 1. The number of hydrogen-bond donors (Lipinski definition) is 2. The molecule has 0 radical (unpaired) electrons. The fourth-order valence-corrected chi connectivity index (χ4v) is 5.12. The first-order valence-corrected chi connectivity index (χ1v) is 12.2. The lowest BCUT2D eigenvalue weighted by Crippen LogP contribution is -2.42. The predicted octanol–water partition coefficient (Wildman–Crippen LogP) is 4.69. The second kappa shape index (κ2) is 8.61. The van der Waals surface area contributed by atoms with E-state index in [0.29, 0.717) is 11.4 Å². The van der Waals surface area contributed by atoms with Gasteiger partial charge in [-0.1, -0.05) is 62.7 Å². The number of carbonyl (C=O) groups is 1. The Morgan fingerprint density at radius 3 is 2.45 bits per heavy atom. The van der Waals surface area contributed by atoms with E-state index in [-0.39, 0.29) is 17.3 Å². The molecule has 0 bridgehead atoms. The summed E-state index contributed by atoms with van der Waals surface area (Å²) >= 11 is 0. The number of benzene rings is 2. The summed E-state index contributed by atoms with van der Waals surface area (Å²) in [7, 11) is -3.86. The van der Waals surface area contributed by atoms with Gasteiger partial charge in [0.15, 0.2) is 0 Å². The van der Waals surface area contributed by atoms with Crippen molar-refractivity contribution >= 4 is 27.4 Å². The van der Waals surface area contributed by atoms with Gasteiger partial charge < -0.3 is 10.6 Å². The topological polar surface area (TPSA) is 91.4 Å². The Kier molecular flexibility index (Phi) is 5.99. The molecule has 172 valence electrons. The molecule has 0 unspecified atom stereocenters. The Balaban J connectivity index is 1.82. The molecule has 1 aliphatic rings. The number of hydrogen-bond acceptors (Lipinski definition) is 5. The Bertz CT molecular complexity index is 1280. The van der Waals surface area contributed by atoms with Crippen molar-refractivity contribution in [2.24, 2.45) is 5.41 Å². The van der Waals surface area contributed by atoms with Crippen LogP contribution in [0.15, 0.2) is 71.8 Å². The summed E-state index contributed by atoms with van der Waals surface area (Å²) in [6.07, 6.45) is 0.826. The van der Waals surface area contributed by atoms with Crippen molar-refractivity contribution < 1.29 is 13.2 Å². The third-order valence-corrected chi connectivity index (χ3v) is 7.42. The Morgan fingerprint density at radius 1 is 1.06 bits per heavy atom. The highest BCUT2D eigenvalue weighted by Crippen LogP contribution is 2.39.